The molecule has 1 aliphatic heterocycles. The van der Waals surface area contributed by atoms with Crippen molar-refractivity contribution >= 4 is 12.1 Å². The zero-order valence-electron chi connectivity index (χ0n) is 19.5. The standard InChI is InChI=1S/C27H32N2O4/c1-17(2)29(27(25(30)31)14-18(3)28(16-27)19-12-13-19)26(32)33-15-24-22-10-6-4-8-20(22)21-9-5-7-11-23(21)24/h4-11,17-19,24H,12-16H2,1-3H3,(H,30,31). The summed E-state index contributed by atoms with van der Waals surface area (Å²) in [6.45, 7) is 6.36. The summed E-state index contributed by atoms with van der Waals surface area (Å²) in [5.41, 5.74) is 3.36. The first-order valence-electron chi connectivity index (χ1n) is 12.0. The average Bonchev–Trinajstić information content (AvgIpc) is 3.50. The maximum atomic E-state index is 13.5. The largest absolute Gasteiger partial charge is 0.479 e. The first-order chi connectivity index (χ1) is 15.8. The number of amides is 1. The Balaban J connectivity index is 1.39. The van der Waals surface area contributed by atoms with Gasteiger partial charge >= 0.3 is 12.1 Å². The molecule has 1 heterocycles. The zero-order valence-corrected chi connectivity index (χ0v) is 19.5. The van der Waals surface area contributed by atoms with Crippen molar-refractivity contribution in [3.05, 3.63) is 59.7 Å². The molecule has 0 aromatic heterocycles. The second-order valence-electron chi connectivity index (χ2n) is 10.1. The lowest BCUT2D eigenvalue weighted by atomic mass is 9.93. The van der Waals surface area contributed by atoms with Gasteiger partial charge in [0.25, 0.3) is 0 Å². The topological polar surface area (TPSA) is 70.1 Å². The van der Waals surface area contributed by atoms with Gasteiger partial charge < -0.3 is 9.84 Å². The first-order valence-corrected chi connectivity index (χ1v) is 12.0. The molecule has 1 amide bonds. The van der Waals surface area contributed by atoms with Gasteiger partial charge in [-0.3, -0.25) is 9.80 Å². The molecular formula is C27H32N2O4. The van der Waals surface area contributed by atoms with Gasteiger partial charge in [0, 0.05) is 30.6 Å². The SMILES string of the molecule is CC1CC(C(=O)O)(N(C(=O)OCC2c3ccccc3-c3ccccc32)C(C)C)CN1C1CC1. The number of rotatable bonds is 6. The fraction of sp³-hybridized carbons (Fsp3) is 0.481. The van der Waals surface area contributed by atoms with E-state index in [9.17, 15) is 14.7 Å². The Labute approximate surface area is 195 Å². The summed E-state index contributed by atoms with van der Waals surface area (Å²) in [5, 5.41) is 10.3. The van der Waals surface area contributed by atoms with E-state index >= 15 is 0 Å². The lowest BCUT2D eigenvalue weighted by Crippen LogP contribution is -2.61. The van der Waals surface area contributed by atoms with Crippen LogP contribution >= 0.6 is 0 Å². The van der Waals surface area contributed by atoms with Gasteiger partial charge in [-0.15, -0.1) is 0 Å². The molecule has 0 radical (unpaired) electrons. The van der Waals surface area contributed by atoms with Crippen LogP contribution in [0.15, 0.2) is 48.5 Å². The number of hydrogen-bond donors (Lipinski definition) is 1. The molecule has 3 aliphatic rings. The monoisotopic (exact) mass is 448 g/mol. The number of likely N-dealkylation sites (tertiary alicyclic amines) is 1. The second-order valence-corrected chi connectivity index (χ2v) is 10.1. The number of ether oxygens (including phenoxy) is 1. The highest BCUT2D eigenvalue weighted by Crippen LogP contribution is 2.45. The number of carboxylic acid groups (broad SMARTS) is 1. The van der Waals surface area contributed by atoms with Crippen LogP contribution in [0.1, 0.15) is 57.1 Å². The minimum atomic E-state index is -1.27. The van der Waals surface area contributed by atoms with E-state index in [4.69, 9.17) is 4.74 Å². The lowest BCUT2D eigenvalue weighted by Gasteiger charge is -2.40. The third-order valence-corrected chi connectivity index (χ3v) is 7.57. The van der Waals surface area contributed by atoms with Crippen molar-refractivity contribution in [1.29, 1.82) is 0 Å². The number of carbonyl (C=O) groups is 2. The molecule has 2 aromatic carbocycles. The number of hydrogen-bond acceptors (Lipinski definition) is 4. The van der Waals surface area contributed by atoms with Crippen molar-refractivity contribution in [3.63, 3.8) is 0 Å². The number of benzene rings is 2. The molecule has 33 heavy (non-hydrogen) atoms. The van der Waals surface area contributed by atoms with Gasteiger partial charge in [-0.05, 0) is 62.3 Å². The smallest absolute Gasteiger partial charge is 0.411 e. The van der Waals surface area contributed by atoms with Gasteiger partial charge in [-0.2, -0.15) is 0 Å². The molecule has 174 valence electrons. The fourth-order valence-corrected chi connectivity index (χ4v) is 6.00. The van der Waals surface area contributed by atoms with Crippen molar-refractivity contribution < 1.29 is 19.4 Å². The minimum Gasteiger partial charge on any atom is -0.479 e. The van der Waals surface area contributed by atoms with Crippen molar-refractivity contribution in [2.75, 3.05) is 13.2 Å². The van der Waals surface area contributed by atoms with E-state index in [0.717, 1.165) is 24.0 Å². The molecule has 1 saturated heterocycles. The molecule has 1 N–H and O–H groups in total. The first kappa shape index (κ1) is 22.0. The Morgan fingerprint density at radius 1 is 1.09 bits per heavy atom. The highest BCUT2D eigenvalue weighted by atomic mass is 16.6. The summed E-state index contributed by atoms with van der Waals surface area (Å²) in [5.74, 6) is -0.999. The molecular weight excluding hydrogens is 416 g/mol. The number of nitrogens with zero attached hydrogens (tertiary/aromatic N) is 2. The highest BCUT2D eigenvalue weighted by Gasteiger charge is 2.57. The molecule has 2 aliphatic carbocycles. The maximum absolute atomic E-state index is 13.5. The second kappa shape index (κ2) is 8.17. The van der Waals surface area contributed by atoms with Crippen LogP contribution in [-0.2, 0) is 9.53 Å². The normalized spacial score (nSPS) is 24.5. The predicted octanol–water partition coefficient (Wildman–Crippen LogP) is 4.73. The summed E-state index contributed by atoms with van der Waals surface area (Å²) in [4.78, 5) is 29.9. The highest BCUT2D eigenvalue weighted by molar-refractivity contribution is 5.86. The van der Waals surface area contributed by atoms with E-state index in [1.807, 2.05) is 38.1 Å². The molecule has 6 nitrogen and oxygen atoms in total. The Kier molecular flexibility index (Phi) is 5.44. The van der Waals surface area contributed by atoms with Crippen LogP contribution in [0.4, 0.5) is 4.79 Å². The summed E-state index contributed by atoms with van der Waals surface area (Å²) in [6.07, 6.45) is 2.08. The number of fused-ring (bicyclic) bond motifs is 3. The summed E-state index contributed by atoms with van der Waals surface area (Å²) < 4.78 is 5.90. The van der Waals surface area contributed by atoms with Gasteiger partial charge in [-0.1, -0.05) is 48.5 Å². The Morgan fingerprint density at radius 3 is 2.18 bits per heavy atom. The van der Waals surface area contributed by atoms with Gasteiger partial charge in [0.05, 0.1) is 0 Å². The average molecular weight is 449 g/mol. The molecule has 6 heteroatoms. The zero-order chi connectivity index (χ0) is 23.3. The van der Waals surface area contributed by atoms with E-state index in [0.29, 0.717) is 19.0 Å². The third-order valence-electron chi connectivity index (χ3n) is 7.57. The van der Waals surface area contributed by atoms with Crippen LogP contribution < -0.4 is 0 Å². The Hall–Kier alpha value is -2.86. The van der Waals surface area contributed by atoms with E-state index in [1.165, 1.54) is 16.0 Å². The summed E-state index contributed by atoms with van der Waals surface area (Å²) in [7, 11) is 0. The van der Waals surface area contributed by atoms with Crippen molar-refractivity contribution in [1.82, 2.24) is 9.80 Å². The van der Waals surface area contributed by atoms with Gasteiger partial charge in [0.15, 0.2) is 5.54 Å². The van der Waals surface area contributed by atoms with Crippen LogP contribution in [-0.4, -0.2) is 63.8 Å². The maximum Gasteiger partial charge on any atom is 0.411 e. The van der Waals surface area contributed by atoms with Gasteiger partial charge in [0.2, 0.25) is 0 Å². The van der Waals surface area contributed by atoms with Crippen LogP contribution in [0.5, 0.6) is 0 Å². The van der Waals surface area contributed by atoms with Crippen LogP contribution in [0, 0.1) is 0 Å². The molecule has 1 saturated carbocycles. The predicted molar refractivity (Wildman–Crippen MR) is 126 cm³/mol. The number of carboxylic acids is 1. The van der Waals surface area contributed by atoms with Crippen LogP contribution in [0.3, 0.4) is 0 Å². The molecule has 2 aromatic rings. The Bertz CT molecular complexity index is 1030. The van der Waals surface area contributed by atoms with E-state index in [-0.39, 0.29) is 24.6 Å². The molecule has 5 rings (SSSR count). The molecule has 2 atom stereocenters. The van der Waals surface area contributed by atoms with E-state index in [2.05, 4.69) is 36.1 Å². The molecule has 0 spiro atoms. The van der Waals surface area contributed by atoms with E-state index < -0.39 is 17.6 Å². The van der Waals surface area contributed by atoms with Crippen LogP contribution in [0.2, 0.25) is 0 Å². The van der Waals surface area contributed by atoms with Crippen molar-refractivity contribution in [3.8, 4) is 11.1 Å². The lowest BCUT2D eigenvalue weighted by molar-refractivity contribution is -0.151. The van der Waals surface area contributed by atoms with Gasteiger partial charge in [-0.25, -0.2) is 9.59 Å². The van der Waals surface area contributed by atoms with Crippen molar-refractivity contribution in [2.45, 2.75) is 69.6 Å². The quantitative estimate of drug-likeness (QED) is 0.692. The van der Waals surface area contributed by atoms with Gasteiger partial charge in [0.1, 0.15) is 6.61 Å². The fourth-order valence-electron chi connectivity index (χ4n) is 6.00. The molecule has 2 fully saturated rings. The molecule has 2 unspecified atom stereocenters. The van der Waals surface area contributed by atoms with E-state index in [1.54, 1.807) is 0 Å². The summed E-state index contributed by atoms with van der Waals surface area (Å²) in [6, 6.07) is 16.7. The number of aliphatic carboxylic acids is 1. The summed E-state index contributed by atoms with van der Waals surface area (Å²) >= 11 is 0. The third kappa shape index (κ3) is 3.61. The Morgan fingerprint density at radius 2 is 1.67 bits per heavy atom. The van der Waals surface area contributed by atoms with Crippen LogP contribution in [0.25, 0.3) is 11.1 Å². The molecule has 0 bridgehead atoms. The minimum absolute atomic E-state index is 0.0541. The number of carbonyl (C=O) groups excluding carboxylic acids is 1. The van der Waals surface area contributed by atoms with Crippen molar-refractivity contribution in [2.24, 2.45) is 0 Å².